The topological polar surface area (TPSA) is 71.5 Å². The van der Waals surface area contributed by atoms with Crippen molar-refractivity contribution >= 4 is 57.0 Å². The normalized spacial score (nSPS) is 14.5. The number of anilines is 1. The molecule has 1 aromatic carbocycles. The number of aromatic nitrogens is 3. The van der Waals surface area contributed by atoms with Gasteiger partial charge in [0, 0.05) is 40.8 Å². The highest BCUT2D eigenvalue weighted by Gasteiger charge is 2.29. The van der Waals surface area contributed by atoms with Crippen LogP contribution in [0.15, 0.2) is 12.1 Å². The third-order valence-corrected chi connectivity index (χ3v) is 7.23. The Labute approximate surface area is 221 Å². The molecule has 1 aliphatic heterocycles. The molecule has 0 unspecified atom stereocenters. The van der Waals surface area contributed by atoms with Crippen molar-refractivity contribution in [1.82, 2.24) is 19.9 Å². The molecule has 0 saturated carbocycles. The summed E-state index contributed by atoms with van der Waals surface area (Å²) in [6, 6.07) is 3.45. The van der Waals surface area contributed by atoms with Gasteiger partial charge in [0.2, 0.25) is 0 Å². The third kappa shape index (κ3) is 5.28. The molecule has 1 amide bonds. The van der Waals surface area contributed by atoms with Crippen molar-refractivity contribution in [2.24, 2.45) is 0 Å². The Morgan fingerprint density at radius 2 is 1.74 bits per heavy atom. The lowest BCUT2D eigenvalue weighted by molar-refractivity contribution is 0.0240. The molecule has 2 aromatic heterocycles. The van der Waals surface area contributed by atoms with Crippen LogP contribution in [0.1, 0.15) is 32.0 Å². The van der Waals surface area contributed by atoms with Gasteiger partial charge in [-0.3, -0.25) is 4.98 Å². The van der Waals surface area contributed by atoms with E-state index in [0.717, 1.165) is 9.13 Å². The van der Waals surface area contributed by atoms with E-state index in [9.17, 15) is 9.18 Å². The van der Waals surface area contributed by atoms with Gasteiger partial charge in [-0.05, 0) is 74.9 Å². The van der Waals surface area contributed by atoms with Crippen molar-refractivity contribution in [1.29, 1.82) is 0 Å². The van der Waals surface area contributed by atoms with Crippen LogP contribution in [0.5, 0.6) is 0 Å². The van der Waals surface area contributed by atoms with Crippen LogP contribution in [0, 0.1) is 29.3 Å². The van der Waals surface area contributed by atoms with Crippen LogP contribution >= 0.6 is 34.2 Å². The Hall–Kier alpha value is -2.34. The van der Waals surface area contributed by atoms with E-state index in [1.54, 1.807) is 36.6 Å². The molecule has 186 valence electrons. The fourth-order valence-electron chi connectivity index (χ4n) is 4.03. The van der Waals surface area contributed by atoms with Gasteiger partial charge in [0.05, 0.1) is 16.3 Å². The molecule has 11 heteroatoms. The first kappa shape index (κ1) is 25.7. The van der Waals surface area contributed by atoms with Gasteiger partial charge in [-0.2, -0.15) is 14.4 Å². The molecule has 1 fully saturated rings. The summed E-state index contributed by atoms with van der Waals surface area (Å²) in [5.41, 5.74) is 1.34. The molecule has 1 saturated heterocycles. The number of carbonyl (C=O) groups is 1. The van der Waals surface area contributed by atoms with Gasteiger partial charge >= 0.3 is 12.2 Å². The smallest absolute Gasteiger partial charge is 0.410 e. The highest BCUT2D eigenvalue weighted by atomic mass is 127. The minimum absolute atomic E-state index is 0.0779. The van der Waals surface area contributed by atoms with Crippen molar-refractivity contribution in [3.63, 3.8) is 0 Å². The monoisotopic (exact) mass is 615 g/mol. The van der Waals surface area contributed by atoms with Crippen molar-refractivity contribution in [2.45, 2.75) is 40.2 Å². The summed E-state index contributed by atoms with van der Waals surface area (Å²) < 4.78 is 36.5. The number of hydrogen-bond acceptors (Lipinski definition) is 6. The van der Waals surface area contributed by atoms with Gasteiger partial charge in [-0.25, -0.2) is 9.18 Å². The summed E-state index contributed by atoms with van der Waals surface area (Å²) in [5, 5.41) is 0.428. The van der Waals surface area contributed by atoms with E-state index in [1.165, 1.54) is 0 Å². The van der Waals surface area contributed by atoms with E-state index in [-0.39, 0.29) is 21.9 Å². The summed E-state index contributed by atoms with van der Waals surface area (Å²) in [6.07, 6.45) is -1.46. The zero-order valence-corrected chi connectivity index (χ0v) is 23.0. The van der Waals surface area contributed by atoms with Gasteiger partial charge < -0.3 is 14.5 Å². The fraction of sp³-hybridized carbons (Fsp3) is 0.417. The van der Waals surface area contributed by atoms with Gasteiger partial charge in [-0.1, -0.05) is 11.6 Å². The Bertz CT molecular complexity index is 1320. The predicted molar refractivity (Wildman–Crippen MR) is 140 cm³/mol. The largest absolute Gasteiger partial charge is 0.444 e. The molecule has 0 atom stereocenters. The maximum absolute atomic E-state index is 15.8. The number of carbonyl (C=O) groups excluding carboxylic acids is 1. The van der Waals surface area contributed by atoms with Crippen LogP contribution in [-0.2, 0) is 4.74 Å². The average molecular weight is 616 g/mol. The second-order valence-corrected chi connectivity index (χ2v) is 10.9. The Balaban J connectivity index is 1.73. The summed E-state index contributed by atoms with van der Waals surface area (Å²) in [4.78, 5) is 28.0. The molecule has 0 aliphatic carbocycles. The first-order valence-electron chi connectivity index (χ1n) is 11.1. The van der Waals surface area contributed by atoms with E-state index in [4.69, 9.17) is 16.3 Å². The second kappa shape index (κ2) is 9.61. The summed E-state index contributed by atoms with van der Waals surface area (Å²) >= 11 is 8.68. The minimum Gasteiger partial charge on any atom is -0.444 e. The molecule has 3 heterocycles. The van der Waals surface area contributed by atoms with Gasteiger partial charge in [0.1, 0.15) is 16.9 Å². The number of aryl methyl sites for hydroxylation is 2. The molecule has 1 aliphatic rings. The lowest BCUT2D eigenvalue weighted by Crippen LogP contribution is -2.50. The van der Waals surface area contributed by atoms with Crippen molar-refractivity contribution < 1.29 is 18.3 Å². The zero-order chi connectivity index (χ0) is 25.7. The van der Waals surface area contributed by atoms with E-state index < -0.39 is 23.6 Å². The first-order chi connectivity index (χ1) is 16.4. The molecule has 4 rings (SSSR count). The SMILES string of the molecule is Cc1cc(C)c(I)c(-c2c(Cl)cc3c(N4CCN(C(=O)OC(C)(C)C)CC4)nc(F)nc3c2F)n1. The standard InChI is InChI=1S/C24H25ClF2IN5O2/c1-12-10-13(2)29-20(18(12)28)16-15(25)11-14-19(17(16)26)30-22(27)31-21(14)32-6-8-33(9-7-32)23(34)35-24(3,4)5/h10-11H,6-9H2,1-5H3. The van der Waals surface area contributed by atoms with Crippen LogP contribution < -0.4 is 4.90 Å². The van der Waals surface area contributed by atoms with Gasteiger partial charge in [-0.15, -0.1) is 0 Å². The summed E-state index contributed by atoms with van der Waals surface area (Å²) in [5.74, 6) is -0.523. The predicted octanol–water partition coefficient (Wildman–Crippen LogP) is 5.90. The van der Waals surface area contributed by atoms with E-state index in [1.807, 2.05) is 19.9 Å². The zero-order valence-electron chi connectivity index (χ0n) is 20.0. The average Bonchev–Trinajstić information content (AvgIpc) is 2.76. The Morgan fingerprint density at radius 1 is 1.09 bits per heavy atom. The molecule has 0 N–H and O–H groups in total. The lowest BCUT2D eigenvalue weighted by atomic mass is 10.0. The first-order valence-corrected chi connectivity index (χ1v) is 12.5. The number of piperazine rings is 1. The van der Waals surface area contributed by atoms with Crippen LogP contribution in [0.25, 0.3) is 22.2 Å². The summed E-state index contributed by atoms with van der Waals surface area (Å²) in [6.45, 7) is 10.6. The molecule has 0 spiro atoms. The molecule has 35 heavy (non-hydrogen) atoms. The minimum atomic E-state index is -1.04. The molecule has 0 radical (unpaired) electrons. The molecule has 0 bridgehead atoms. The van der Waals surface area contributed by atoms with Gasteiger partial charge in [0.25, 0.3) is 0 Å². The Morgan fingerprint density at radius 3 is 2.37 bits per heavy atom. The van der Waals surface area contributed by atoms with Crippen LogP contribution in [0.3, 0.4) is 0 Å². The number of rotatable bonds is 2. The molecule has 3 aromatic rings. The number of amides is 1. The lowest BCUT2D eigenvalue weighted by Gasteiger charge is -2.36. The highest BCUT2D eigenvalue weighted by Crippen LogP contribution is 2.39. The highest BCUT2D eigenvalue weighted by molar-refractivity contribution is 14.1. The maximum atomic E-state index is 15.8. The number of fused-ring (bicyclic) bond motifs is 1. The number of benzene rings is 1. The Kier molecular flexibility index (Phi) is 7.07. The van der Waals surface area contributed by atoms with Gasteiger partial charge in [0.15, 0.2) is 5.82 Å². The second-order valence-electron chi connectivity index (χ2n) is 9.46. The number of nitrogens with zero attached hydrogens (tertiary/aromatic N) is 5. The number of ether oxygens (including phenoxy) is 1. The molecular formula is C24H25ClF2IN5O2. The van der Waals surface area contributed by atoms with Crippen molar-refractivity contribution in [3.8, 4) is 11.3 Å². The van der Waals surface area contributed by atoms with E-state index in [2.05, 4.69) is 37.5 Å². The number of pyridine rings is 1. The van der Waals surface area contributed by atoms with Crippen LogP contribution in [-0.4, -0.2) is 57.7 Å². The van der Waals surface area contributed by atoms with E-state index in [0.29, 0.717) is 43.0 Å². The maximum Gasteiger partial charge on any atom is 0.410 e. The molecular weight excluding hydrogens is 591 g/mol. The van der Waals surface area contributed by atoms with Crippen molar-refractivity contribution in [3.05, 3.63) is 43.9 Å². The summed E-state index contributed by atoms with van der Waals surface area (Å²) in [7, 11) is 0. The van der Waals surface area contributed by atoms with E-state index >= 15 is 4.39 Å². The van der Waals surface area contributed by atoms with Crippen molar-refractivity contribution in [2.75, 3.05) is 31.1 Å². The number of hydrogen-bond donors (Lipinski definition) is 0. The van der Waals surface area contributed by atoms with Crippen LogP contribution in [0.2, 0.25) is 5.02 Å². The fourth-order valence-corrected chi connectivity index (χ4v) is 4.85. The number of halogens is 4. The quantitative estimate of drug-likeness (QED) is 0.264. The van der Waals surface area contributed by atoms with Crippen LogP contribution in [0.4, 0.5) is 19.4 Å². The molecule has 7 nitrogen and oxygen atoms in total. The third-order valence-electron chi connectivity index (χ3n) is 5.57.